The lowest BCUT2D eigenvalue weighted by Gasteiger charge is -2.06. The molecule has 40 heavy (non-hydrogen) atoms. The fourth-order valence-corrected chi connectivity index (χ4v) is 5.14. The summed E-state index contributed by atoms with van der Waals surface area (Å²) in [6.45, 7) is 0. The highest BCUT2D eigenvalue weighted by molar-refractivity contribution is 7.07. The second kappa shape index (κ2) is 11.2. The van der Waals surface area contributed by atoms with Crippen LogP contribution in [-0.2, 0) is 4.79 Å². The number of hydrogen-bond donors (Lipinski definition) is 1. The molecule has 0 aliphatic rings. The standard InChI is InChI=1S/C29H17ClN4O5S/c30-18-10-12-19(13-11-18)32-27(35)23(17-31)29-33(20-6-2-1-3-7-20)28(36)26(40-29)16-21-14-15-25(39-21)22-8-4-5-9-24(22)34(37)38/h1-16H,(H,32,35)/b26-16+,29-23+. The second-order valence-electron chi connectivity index (χ2n) is 8.32. The van der Waals surface area contributed by atoms with Crippen LogP contribution >= 0.6 is 22.9 Å². The van der Waals surface area contributed by atoms with E-state index >= 15 is 0 Å². The molecule has 2 aromatic heterocycles. The van der Waals surface area contributed by atoms with Crippen molar-refractivity contribution in [1.29, 1.82) is 5.26 Å². The average molecular weight is 569 g/mol. The molecule has 0 aliphatic heterocycles. The van der Waals surface area contributed by atoms with Gasteiger partial charge in [0.15, 0.2) is 5.57 Å². The van der Waals surface area contributed by atoms with Crippen LogP contribution in [0.5, 0.6) is 0 Å². The van der Waals surface area contributed by atoms with E-state index in [0.29, 0.717) is 22.0 Å². The van der Waals surface area contributed by atoms with Crippen molar-refractivity contribution in [3.63, 3.8) is 0 Å². The van der Waals surface area contributed by atoms with Crippen LogP contribution in [0.3, 0.4) is 0 Å². The number of aromatic nitrogens is 1. The van der Waals surface area contributed by atoms with E-state index in [1.165, 1.54) is 16.7 Å². The van der Waals surface area contributed by atoms with Gasteiger partial charge in [-0.1, -0.05) is 41.9 Å². The van der Waals surface area contributed by atoms with Gasteiger partial charge in [-0.05, 0) is 54.6 Å². The van der Waals surface area contributed by atoms with Crippen LogP contribution in [0.2, 0.25) is 5.02 Å². The van der Waals surface area contributed by atoms with Crippen molar-refractivity contribution in [2.45, 2.75) is 0 Å². The number of thiazole rings is 1. The Hall–Kier alpha value is -5.24. The zero-order valence-electron chi connectivity index (χ0n) is 20.4. The third kappa shape index (κ3) is 5.33. The number of benzene rings is 3. The maximum Gasteiger partial charge on any atom is 0.280 e. The lowest BCUT2D eigenvalue weighted by molar-refractivity contribution is -0.384. The van der Waals surface area contributed by atoms with E-state index in [9.17, 15) is 25.0 Å². The molecular weight excluding hydrogens is 552 g/mol. The monoisotopic (exact) mass is 568 g/mol. The van der Waals surface area contributed by atoms with Crippen molar-refractivity contribution >= 4 is 51.9 Å². The fourth-order valence-electron chi connectivity index (χ4n) is 3.93. The van der Waals surface area contributed by atoms with Crippen LogP contribution in [0.15, 0.2) is 100 Å². The molecule has 5 aromatic rings. The first-order chi connectivity index (χ1) is 19.4. The predicted molar refractivity (Wildman–Crippen MR) is 153 cm³/mol. The first kappa shape index (κ1) is 26.4. The second-order valence-corrected chi connectivity index (χ2v) is 9.78. The highest BCUT2D eigenvalue weighted by atomic mass is 35.5. The lowest BCUT2D eigenvalue weighted by atomic mass is 10.1. The molecular formula is C29H17ClN4O5S. The predicted octanol–water partition coefficient (Wildman–Crippen LogP) is 4.86. The number of para-hydroxylation sites is 2. The molecule has 0 saturated carbocycles. The molecule has 0 atom stereocenters. The Bertz CT molecular complexity index is 1970. The van der Waals surface area contributed by atoms with Crippen LogP contribution < -0.4 is 20.1 Å². The van der Waals surface area contributed by atoms with Crippen LogP contribution in [0.25, 0.3) is 28.7 Å². The maximum atomic E-state index is 13.6. The van der Waals surface area contributed by atoms with Gasteiger partial charge in [0.2, 0.25) is 0 Å². The average Bonchev–Trinajstić information content (AvgIpc) is 3.55. The molecule has 0 bridgehead atoms. The highest BCUT2D eigenvalue weighted by Crippen LogP contribution is 2.31. The summed E-state index contributed by atoms with van der Waals surface area (Å²) in [5.74, 6) is -0.174. The molecule has 3 aromatic carbocycles. The number of carbonyl (C=O) groups is 1. The van der Waals surface area contributed by atoms with Gasteiger partial charge >= 0.3 is 0 Å². The minimum Gasteiger partial charge on any atom is -0.456 e. The van der Waals surface area contributed by atoms with E-state index in [2.05, 4.69) is 5.32 Å². The summed E-state index contributed by atoms with van der Waals surface area (Å²) >= 11 is 6.87. The SMILES string of the molecule is N#C/C(C(=O)Nc1ccc(Cl)cc1)=c1\s/c(=C/c2ccc(-c3ccccc3[N+](=O)[O-])o2)c(=O)n1-c1ccccc1. The minimum absolute atomic E-state index is 0.117. The number of nitro benzene ring substituents is 1. The summed E-state index contributed by atoms with van der Waals surface area (Å²) in [7, 11) is 0. The number of anilines is 1. The van der Waals surface area contributed by atoms with Crippen molar-refractivity contribution in [1.82, 2.24) is 4.57 Å². The van der Waals surface area contributed by atoms with Crippen molar-refractivity contribution in [2.24, 2.45) is 0 Å². The summed E-state index contributed by atoms with van der Waals surface area (Å²) in [5, 5.41) is 24.6. The molecule has 1 N–H and O–H groups in total. The summed E-state index contributed by atoms with van der Waals surface area (Å²) in [6.07, 6.45) is 1.47. The number of nitrogens with one attached hydrogen (secondary N) is 1. The van der Waals surface area contributed by atoms with Crippen molar-refractivity contribution in [3.8, 4) is 23.1 Å². The van der Waals surface area contributed by atoms with E-state index in [0.717, 1.165) is 11.3 Å². The lowest BCUT2D eigenvalue weighted by Crippen LogP contribution is -2.32. The van der Waals surface area contributed by atoms with Gasteiger partial charge in [0.25, 0.3) is 17.2 Å². The first-order valence-corrected chi connectivity index (χ1v) is 12.9. The zero-order chi connectivity index (χ0) is 28.2. The Morgan fingerprint density at radius 2 is 1.73 bits per heavy atom. The molecule has 0 spiro atoms. The van der Waals surface area contributed by atoms with Gasteiger partial charge in [0, 0.05) is 22.9 Å². The number of nitrogens with zero attached hydrogens (tertiary/aromatic N) is 3. The smallest absolute Gasteiger partial charge is 0.280 e. The Kier molecular flexibility index (Phi) is 7.41. The van der Waals surface area contributed by atoms with Gasteiger partial charge in [0.05, 0.1) is 20.7 Å². The largest absolute Gasteiger partial charge is 0.456 e. The number of carbonyl (C=O) groups excluding carboxylic acids is 1. The van der Waals surface area contributed by atoms with Crippen molar-refractivity contribution in [2.75, 3.05) is 5.32 Å². The Labute approximate surface area is 235 Å². The molecule has 196 valence electrons. The number of hydrogen-bond acceptors (Lipinski definition) is 7. The number of nitriles is 1. The Morgan fingerprint density at radius 3 is 2.42 bits per heavy atom. The Balaban J connectivity index is 1.66. The molecule has 0 radical (unpaired) electrons. The van der Waals surface area contributed by atoms with Gasteiger partial charge < -0.3 is 9.73 Å². The quantitative estimate of drug-likeness (QED) is 0.230. The maximum absolute atomic E-state index is 13.6. The summed E-state index contributed by atoms with van der Waals surface area (Å²) in [4.78, 5) is 37.7. The van der Waals surface area contributed by atoms with E-state index in [1.54, 1.807) is 84.9 Å². The van der Waals surface area contributed by atoms with Crippen LogP contribution in [-0.4, -0.2) is 15.4 Å². The van der Waals surface area contributed by atoms with Crippen molar-refractivity contribution in [3.05, 3.63) is 131 Å². The van der Waals surface area contributed by atoms with Crippen LogP contribution in [0.4, 0.5) is 11.4 Å². The molecule has 0 unspecified atom stereocenters. The molecule has 0 aliphatic carbocycles. The van der Waals surface area contributed by atoms with E-state index in [-0.39, 0.29) is 32.0 Å². The van der Waals surface area contributed by atoms with E-state index in [4.69, 9.17) is 16.0 Å². The number of furan rings is 1. The summed E-state index contributed by atoms with van der Waals surface area (Å²) in [5.41, 5.74) is 0.332. The first-order valence-electron chi connectivity index (χ1n) is 11.7. The highest BCUT2D eigenvalue weighted by Gasteiger charge is 2.19. The molecule has 2 heterocycles. The normalized spacial score (nSPS) is 12.1. The van der Waals surface area contributed by atoms with Crippen molar-refractivity contribution < 1.29 is 14.1 Å². The van der Waals surface area contributed by atoms with Crippen LogP contribution in [0, 0.1) is 21.4 Å². The summed E-state index contributed by atoms with van der Waals surface area (Å²) < 4.78 is 7.44. The minimum atomic E-state index is -0.695. The number of nitro groups is 1. The third-order valence-corrected chi connectivity index (χ3v) is 7.10. The number of rotatable bonds is 6. The van der Waals surface area contributed by atoms with Gasteiger partial charge in [-0.25, -0.2) is 0 Å². The molecule has 11 heteroatoms. The van der Waals surface area contributed by atoms with Gasteiger partial charge in [-0.3, -0.25) is 24.3 Å². The van der Waals surface area contributed by atoms with Crippen LogP contribution in [0.1, 0.15) is 5.76 Å². The third-order valence-electron chi connectivity index (χ3n) is 5.76. The molecule has 9 nitrogen and oxygen atoms in total. The van der Waals surface area contributed by atoms with E-state index in [1.807, 2.05) is 6.07 Å². The van der Waals surface area contributed by atoms with Gasteiger partial charge in [-0.2, -0.15) is 5.26 Å². The molecule has 0 fully saturated rings. The van der Waals surface area contributed by atoms with Gasteiger partial charge in [0.1, 0.15) is 22.3 Å². The number of amides is 1. The van der Waals surface area contributed by atoms with E-state index < -0.39 is 16.4 Å². The molecule has 5 rings (SSSR count). The summed E-state index contributed by atoms with van der Waals surface area (Å²) in [6, 6.07) is 26.3. The molecule has 1 amide bonds. The topological polar surface area (TPSA) is 131 Å². The molecule has 0 saturated heterocycles. The fraction of sp³-hybridized carbons (Fsp3) is 0. The number of halogens is 1. The Morgan fingerprint density at radius 1 is 1.02 bits per heavy atom. The van der Waals surface area contributed by atoms with Gasteiger partial charge in [-0.15, -0.1) is 11.3 Å². The zero-order valence-corrected chi connectivity index (χ0v) is 22.0.